The molecular formula is C23H34N2O2. The third-order valence-electron chi connectivity index (χ3n) is 6.81. The number of carbonyl (C=O) groups excluding carboxylic acids is 1. The van der Waals surface area contributed by atoms with Gasteiger partial charge in [-0.2, -0.15) is 0 Å². The summed E-state index contributed by atoms with van der Waals surface area (Å²) in [6.07, 6.45) is 7.48. The van der Waals surface area contributed by atoms with Crippen molar-refractivity contribution in [3.05, 3.63) is 30.3 Å². The van der Waals surface area contributed by atoms with Crippen LogP contribution >= 0.6 is 0 Å². The van der Waals surface area contributed by atoms with Crippen LogP contribution in [0.4, 0.5) is 5.69 Å². The minimum atomic E-state index is -0.523. The SMILES string of the molecule is CC(C)CCN(C)[C@H]1CC[C@@]2(CC1)CN(c1ccccc1)C(=O)C1(CC1)O2. The van der Waals surface area contributed by atoms with Crippen LogP contribution in [0.2, 0.25) is 0 Å². The lowest BCUT2D eigenvalue weighted by atomic mass is 9.79. The quantitative estimate of drug-likeness (QED) is 0.777. The number of anilines is 1. The maximum Gasteiger partial charge on any atom is 0.259 e. The highest BCUT2D eigenvalue weighted by Crippen LogP contribution is 2.51. The van der Waals surface area contributed by atoms with Crippen molar-refractivity contribution < 1.29 is 9.53 Å². The number of hydrogen-bond donors (Lipinski definition) is 0. The first kappa shape index (κ1) is 18.9. The van der Waals surface area contributed by atoms with Gasteiger partial charge in [-0.1, -0.05) is 32.0 Å². The summed E-state index contributed by atoms with van der Waals surface area (Å²) in [5.41, 5.74) is 0.341. The predicted molar refractivity (Wildman–Crippen MR) is 109 cm³/mol. The van der Waals surface area contributed by atoms with Gasteiger partial charge < -0.3 is 14.5 Å². The Morgan fingerprint density at radius 2 is 1.81 bits per heavy atom. The summed E-state index contributed by atoms with van der Waals surface area (Å²) in [6.45, 7) is 6.47. The first-order chi connectivity index (χ1) is 12.9. The van der Waals surface area contributed by atoms with E-state index in [0.29, 0.717) is 12.6 Å². The molecule has 2 spiro atoms. The zero-order chi connectivity index (χ0) is 19.1. The fourth-order valence-corrected chi connectivity index (χ4v) is 4.82. The van der Waals surface area contributed by atoms with E-state index in [-0.39, 0.29) is 11.5 Å². The van der Waals surface area contributed by atoms with Gasteiger partial charge in [-0.25, -0.2) is 0 Å². The molecule has 27 heavy (non-hydrogen) atoms. The molecule has 0 radical (unpaired) electrons. The molecule has 148 valence electrons. The summed E-state index contributed by atoms with van der Waals surface area (Å²) in [5, 5.41) is 0. The van der Waals surface area contributed by atoms with Gasteiger partial charge in [-0.15, -0.1) is 0 Å². The Kier molecular flexibility index (Phi) is 5.06. The molecule has 4 nitrogen and oxygen atoms in total. The highest BCUT2D eigenvalue weighted by Gasteiger charge is 2.62. The van der Waals surface area contributed by atoms with Crippen LogP contribution in [0, 0.1) is 5.92 Å². The molecule has 0 N–H and O–H groups in total. The van der Waals surface area contributed by atoms with E-state index in [4.69, 9.17) is 4.74 Å². The van der Waals surface area contributed by atoms with E-state index in [1.165, 1.54) is 25.8 Å². The van der Waals surface area contributed by atoms with Crippen LogP contribution in [-0.2, 0) is 9.53 Å². The van der Waals surface area contributed by atoms with Crippen molar-refractivity contribution in [1.82, 2.24) is 4.90 Å². The Morgan fingerprint density at radius 3 is 2.41 bits per heavy atom. The van der Waals surface area contributed by atoms with Crippen LogP contribution in [0.1, 0.15) is 58.8 Å². The largest absolute Gasteiger partial charge is 0.357 e. The average Bonchev–Trinajstić information content (AvgIpc) is 3.44. The molecule has 1 amide bonds. The fraction of sp³-hybridized carbons (Fsp3) is 0.696. The van der Waals surface area contributed by atoms with Crippen molar-refractivity contribution in [2.45, 2.75) is 76.0 Å². The van der Waals surface area contributed by atoms with Crippen LogP contribution in [0.3, 0.4) is 0 Å². The van der Waals surface area contributed by atoms with Gasteiger partial charge in [0.25, 0.3) is 5.91 Å². The number of nitrogens with zero attached hydrogens (tertiary/aromatic N) is 2. The van der Waals surface area contributed by atoms with Crippen molar-refractivity contribution in [1.29, 1.82) is 0 Å². The first-order valence-corrected chi connectivity index (χ1v) is 10.7. The number of carbonyl (C=O) groups is 1. The molecule has 3 fully saturated rings. The molecule has 4 heteroatoms. The molecule has 0 atom stereocenters. The number of morpholine rings is 1. The van der Waals surface area contributed by atoms with E-state index in [9.17, 15) is 4.79 Å². The normalized spacial score (nSPS) is 29.9. The lowest BCUT2D eigenvalue weighted by molar-refractivity contribution is -0.171. The summed E-state index contributed by atoms with van der Waals surface area (Å²) in [7, 11) is 2.27. The van der Waals surface area contributed by atoms with Crippen LogP contribution in [-0.4, -0.2) is 48.2 Å². The Morgan fingerprint density at radius 1 is 1.15 bits per heavy atom. The van der Waals surface area contributed by atoms with Gasteiger partial charge in [0.15, 0.2) is 0 Å². The van der Waals surface area contributed by atoms with Crippen LogP contribution in [0.15, 0.2) is 30.3 Å². The maximum atomic E-state index is 13.1. The molecular weight excluding hydrogens is 336 g/mol. The van der Waals surface area contributed by atoms with E-state index in [2.05, 4.69) is 37.9 Å². The maximum absolute atomic E-state index is 13.1. The lowest BCUT2D eigenvalue weighted by Gasteiger charge is -2.50. The van der Waals surface area contributed by atoms with Crippen molar-refractivity contribution in [3.8, 4) is 0 Å². The topological polar surface area (TPSA) is 32.8 Å². The summed E-state index contributed by atoms with van der Waals surface area (Å²) in [6, 6.07) is 10.8. The van der Waals surface area contributed by atoms with Crippen LogP contribution < -0.4 is 4.90 Å². The van der Waals surface area contributed by atoms with Crippen molar-refractivity contribution in [2.24, 2.45) is 5.92 Å². The second-order valence-electron chi connectivity index (χ2n) is 9.40. The van der Waals surface area contributed by atoms with Gasteiger partial charge in [0.1, 0.15) is 5.60 Å². The molecule has 0 unspecified atom stereocenters. The van der Waals surface area contributed by atoms with Gasteiger partial charge in [0, 0.05) is 11.7 Å². The monoisotopic (exact) mass is 370 g/mol. The molecule has 3 aliphatic rings. The Hall–Kier alpha value is -1.39. The van der Waals surface area contributed by atoms with Gasteiger partial charge in [-0.05, 0) is 76.6 Å². The number of para-hydroxylation sites is 1. The van der Waals surface area contributed by atoms with Crippen molar-refractivity contribution >= 4 is 11.6 Å². The number of amides is 1. The summed E-state index contributed by atoms with van der Waals surface area (Å²) >= 11 is 0. The van der Waals surface area contributed by atoms with Gasteiger partial charge in [-0.3, -0.25) is 4.79 Å². The zero-order valence-electron chi connectivity index (χ0n) is 17.1. The first-order valence-electron chi connectivity index (χ1n) is 10.7. The van der Waals surface area contributed by atoms with E-state index in [0.717, 1.165) is 37.3 Å². The summed E-state index contributed by atoms with van der Waals surface area (Å²) in [5.74, 6) is 0.930. The minimum Gasteiger partial charge on any atom is -0.357 e. The van der Waals surface area contributed by atoms with Crippen LogP contribution in [0.25, 0.3) is 0 Å². The van der Waals surface area contributed by atoms with Gasteiger partial charge >= 0.3 is 0 Å². The molecule has 2 saturated carbocycles. The number of benzene rings is 1. The van der Waals surface area contributed by atoms with E-state index >= 15 is 0 Å². The Balaban J connectivity index is 1.45. The fourth-order valence-electron chi connectivity index (χ4n) is 4.82. The summed E-state index contributed by atoms with van der Waals surface area (Å²) < 4.78 is 6.59. The standard InChI is InChI=1S/C23H34N2O2/c1-18(2)11-16-24(3)19-9-12-22(13-10-19)17-25(20-7-5-4-6-8-20)21(26)23(27-22)14-15-23/h4-8,18-19H,9-17H2,1-3H3/t19-,22+. The molecule has 1 heterocycles. The molecule has 0 bridgehead atoms. The van der Waals surface area contributed by atoms with E-state index < -0.39 is 5.60 Å². The highest BCUT2D eigenvalue weighted by molar-refractivity contribution is 6.02. The zero-order valence-corrected chi connectivity index (χ0v) is 17.1. The number of ether oxygens (including phenoxy) is 1. The highest BCUT2D eigenvalue weighted by atomic mass is 16.5. The Bertz CT molecular complexity index is 660. The second-order valence-corrected chi connectivity index (χ2v) is 9.40. The van der Waals surface area contributed by atoms with E-state index in [1.54, 1.807) is 0 Å². The third kappa shape index (κ3) is 3.79. The lowest BCUT2D eigenvalue weighted by Crippen LogP contribution is -2.62. The molecule has 1 aromatic rings. The molecule has 2 aliphatic carbocycles. The molecule has 1 aromatic carbocycles. The molecule has 4 rings (SSSR count). The van der Waals surface area contributed by atoms with Gasteiger partial charge in [0.2, 0.25) is 0 Å². The van der Waals surface area contributed by atoms with Crippen molar-refractivity contribution in [2.75, 3.05) is 25.0 Å². The molecule has 1 aliphatic heterocycles. The van der Waals surface area contributed by atoms with Gasteiger partial charge in [0.05, 0.1) is 12.1 Å². The smallest absolute Gasteiger partial charge is 0.259 e. The Labute approximate surface area is 163 Å². The number of hydrogen-bond acceptors (Lipinski definition) is 3. The van der Waals surface area contributed by atoms with Crippen molar-refractivity contribution in [3.63, 3.8) is 0 Å². The van der Waals surface area contributed by atoms with Crippen LogP contribution in [0.5, 0.6) is 0 Å². The average molecular weight is 371 g/mol. The second kappa shape index (κ2) is 7.21. The molecule has 1 saturated heterocycles. The minimum absolute atomic E-state index is 0.157. The summed E-state index contributed by atoms with van der Waals surface area (Å²) in [4.78, 5) is 17.6. The third-order valence-corrected chi connectivity index (χ3v) is 6.81. The predicted octanol–water partition coefficient (Wildman–Crippen LogP) is 4.24. The number of rotatable bonds is 5. The molecule has 0 aromatic heterocycles. The van der Waals surface area contributed by atoms with E-state index in [1.807, 2.05) is 23.1 Å².